The first-order chi connectivity index (χ1) is 12.6. The molecule has 1 fully saturated rings. The van der Waals surface area contributed by atoms with E-state index in [1.54, 1.807) is 11.3 Å². The van der Waals surface area contributed by atoms with Crippen LogP contribution in [0.1, 0.15) is 46.9 Å². The predicted molar refractivity (Wildman–Crippen MR) is 102 cm³/mol. The molecule has 7 heteroatoms. The maximum atomic E-state index is 13.0. The van der Waals surface area contributed by atoms with Crippen molar-refractivity contribution < 1.29 is 4.79 Å². The van der Waals surface area contributed by atoms with Gasteiger partial charge in [-0.3, -0.25) is 14.7 Å². The number of likely N-dealkylation sites (tertiary alicyclic amines) is 1. The highest BCUT2D eigenvalue weighted by molar-refractivity contribution is 7.09. The number of pyridine rings is 1. The Bertz CT molecular complexity index is 898. The Morgan fingerprint density at radius 3 is 2.88 bits per heavy atom. The molecule has 1 atom stereocenters. The van der Waals surface area contributed by atoms with Gasteiger partial charge in [0.1, 0.15) is 5.65 Å². The van der Waals surface area contributed by atoms with E-state index in [1.807, 2.05) is 45.4 Å². The van der Waals surface area contributed by atoms with Crippen molar-refractivity contribution in [2.24, 2.45) is 0 Å². The molecule has 6 nitrogen and oxygen atoms in total. The molecule has 4 rings (SSSR count). The molecule has 0 bridgehead atoms. The third-order valence-corrected chi connectivity index (χ3v) is 6.09. The highest BCUT2D eigenvalue weighted by Crippen LogP contribution is 2.25. The van der Waals surface area contributed by atoms with E-state index in [0.29, 0.717) is 12.2 Å². The number of hydrogen-bond acceptors (Lipinski definition) is 5. The molecule has 1 aliphatic rings. The van der Waals surface area contributed by atoms with E-state index in [4.69, 9.17) is 0 Å². The lowest BCUT2D eigenvalue weighted by atomic mass is 10.2. The van der Waals surface area contributed by atoms with Crippen LogP contribution in [0.4, 0.5) is 0 Å². The first kappa shape index (κ1) is 17.2. The zero-order valence-electron chi connectivity index (χ0n) is 15.1. The van der Waals surface area contributed by atoms with E-state index in [9.17, 15) is 4.79 Å². The fraction of sp³-hybridized carbons (Fsp3) is 0.421. The monoisotopic (exact) mass is 369 g/mol. The maximum absolute atomic E-state index is 13.0. The van der Waals surface area contributed by atoms with Gasteiger partial charge >= 0.3 is 0 Å². The van der Waals surface area contributed by atoms with E-state index in [2.05, 4.69) is 28.8 Å². The molecule has 136 valence electrons. The number of rotatable bonds is 5. The highest BCUT2D eigenvalue weighted by Gasteiger charge is 2.27. The molecule has 4 heterocycles. The molecule has 0 unspecified atom stereocenters. The van der Waals surface area contributed by atoms with Crippen LogP contribution in [-0.4, -0.2) is 50.2 Å². The molecule has 26 heavy (non-hydrogen) atoms. The van der Waals surface area contributed by atoms with Crippen LogP contribution in [0, 0.1) is 0 Å². The summed E-state index contributed by atoms with van der Waals surface area (Å²) >= 11 is 1.66. The minimum absolute atomic E-state index is 0.0556. The Morgan fingerprint density at radius 1 is 1.35 bits per heavy atom. The first-order valence-electron chi connectivity index (χ1n) is 8.99. The Balaban J connectivity index is 1.68. The first-order valence-corrected chi connectivity index (χ1v) is 9.87. The second kappa shape index (κ2) is 7.17. The summed E-state index contributed by atoms with van der Waals surface area (Å²) in [6.07, 6.45) is 6.06. The van der Waals surface area contributed by atoms with Crippen LogP contribution in [0.3, 0.4) is 0 Å². The summed E-state index contributed by atoms with van der Waals surface area (Å²) in [7, 11) is 2.08. The minimum atomic E-state index is 0.0556. The van der Waals surface area contributed by atoms with Gasteiger partial charge < -0.3 is 9.30 Å². The van der Waals surface area contributed by atoms with Gasteiger partial charge in [-0.2, -0.15) is 0 Å². The molecule has 0 aliphatic carbocycles. The molecule has 3 aromatic heterocycles. The normalized spacial score (nSPS) is 15.9. The van der Waals surface area contributed by atoms with Crippen molar-refractivity contribution in [3.8, 4) is 0 Å². The van der Waals surface area contributed by atoms with Gasteiger partial charge in [0.2, 0.25) is 0 Å². The van der Waals surface area contributed by atoms with Crippen LogP contribution in [0.2, 0.25) is 0 Å². The van der Waals surface area contributed by atoms with Gasteiger partial charge in [0.15, 0.2) is 5.69 Å². The van der Waals surface area contributed by atoms with Gasteiger partial charge in [0.05, 0.1) is 11.2 Å². The predicted octanol–water partition coefficient (Wildman–Crippen LogP) is 3.22. The zero-order chi connectivity index (χ0) is 18.1. The molecular formula is C19H23N5OS. The standard InChI is InChI=1S/C19H23N5OS/c1-14(16-11-20-13-26-16)22(2)12-15-18(19(25)23-8-5-6-9-23)21-17-7-3-4-10-24(15)17/h3-4,7,10-11,13-14H,5-6,8-9,12H2,1-2H3/t14-/m0/s1. The van der Waals surface area contributed by atoms with Gasteiger partial charge in [0.25, 0.3) is 5.91 Å². The van der Waals surface area contributed by atoms with E-state index in [-0.39, 0.29) is 11.9 Å². The number of amides is 1. The number of aromatic nitrogens is 3. The van der Waals surface area contributed by atoms with Crippen LogP contribution in [0.25, 0.3) is 5.65 Å². The second-order valence-corrected chi connectivity index (χ2v) is 7.75. The lowest BCUT2D eigenvalue weighted by Crippen LogP contribution is -2.30. The Labute approximate surface area is 157 Å². The third kappa shape index (κ3) is 3.12. The lowest BCUT2D eigenvalue weighted by Gasteiger charge is -2.24. The Hall–Kier alpha value is -2.25. The minimum Gasteiger partial charge on any atom is -0.337 e. The van der Waals surface area contributed by atoms with Gasteiger partial charge in [-0.1, -0.05) is 6.07 Å². The summed E-state index contributed by atoms with van der Waals surface area (Å²) in [5.74, 6) is 0.0556. The number of carbonyl (C=O) groups excluding carboxylic acids is 1. The van der Waals surface area contributed by atoms with E-state index < -0.39 is 0 Å². The average Bonchev–Trinajstić information content (AvgIpc) is 3.41. The fourth-order valence-corrected chi connectivity index (χ4v) is 4.20. The number of nitrogens with zero attached hydrogens (tertiary/aromatic N) is 5. The molecule has 1 amide bonds. The van der Waals surface area contributed by atoms with E-state index in [1.165, 1.54) is 4.88 Å². The van der Waals surface area contributed by atoms with Crippen LogP contribution >= 0.6 is 11.3 Å². The molecule has 0 N–H and O–H groups in total. The molecule has 0 radical (unpaired) electrons. The van der Waals surface area contributed by atoms with Crippen molar-refractivity contribution in [1.29, 1.82) is 0 Å². The quantitative estimate of drug-likeness (QED) is 0.693. The number of fused-ring (bicyclic) bond motifs is 1. The Kier molecular flexibility index (Phi) is 4.74. The smallest absolute Gasteiger partial charge is 0.274 e. The largest absolute Gasteiger partial charge is 0.337 e. The van der Waals surface area contributed by atoms with Crippen molar-refractivity contribution in [2.45, 2.75) is 32.4 Å². The van der Waals surface area contributed by atoms with Crippen molar-refractivity contribution in [3.63, 3.8) is 0 Å². The molecule has 3 aromatic rings. The van der Waals surface area contributed by atoms with E-state index >= 15 is 0 Å². The SMILES string of the molecule is C[C@@H](c1cncs1)N(C)Cc1c(C(=O)N2CCCC2)nc2ccccn12. The van der Waals surface area contributed by atoms with Gasteiger partial charge in [-0.05, 0) is 38.9 Å². The summed E-state index contributed by atoms with van der Waals surface area (Å²) < 4.78 is 2.04. The summed E-state index contributed by atoms with van der Waals surface area (Å²) in [6.45, 7) is 4.48. The number of hydrogen-bond donors (Lipinski definition) is 0. The van der Waals surface area contributed by atoms with Crippen LogP contribution < -0.4 is 0 Å². The molecule has 1 saturated heterocycles. The molecular weight excluding hydrogens is 346 g/mol. The maximum Gasteiger partial charge on any atom is 0.274 e. The lowest BCUT2D eigenvalue weighted by molar-refractivity contribution is 0.0785. The topological polar surface area (TPSA) is 53.7 Å². The summed E-state index contributed by atoms with van der Waals surface area (Å²) in [4.78, 5) is 27.3. The van der Waals surface area contributed by atoms with Crippen LogP contribution in [0.15, 0.2) is 36.1 Å². The number of imidazole rings is 1. The van der Waals surface area contributed by atoms with Gasteiger partial charge in [-0.25, -0.2) is 4.98 Å². The van der Waals surface area contributed by atoms with Crippen LogP contribution in [0.5, 0.6) is 0 Å². The van der Waals surface area contributed by atoms with E-state index in [0.717, 1.165) is 37.3 Å². The highest BCUT2D eigenvalue weighted by atomic mass is 32.1. The van der Waals surface area contributed by atoms with Crippen molar-refractivity contribution in [3.05, 3.63) is 52.4 Å². The second-order valence-electron chi connectivity index (χ2n) is 6.83. The van der Waals surface area contributed by atoms with Gasteiger partial charge in [-0.15, -0.1) is 11.3 Å². The summed E-state index contributed by atoms with van der Waals surface area (Å²) in [6, 6.07) is 6.12. The molecule has 0 saturated carbocycles. The fourth-order valence-electron chi connectivity index (χ4n) is 3.46. The number of thiazole rings is 1. The average molecular weight is 369 g/mol. The van der Waals surface area contributed by atoms with Crippen LogP contribution in [-0.2, 0) is 6.54 Å². The summed E-state index contributed by atoms with van der Waals surface area (Å²) in [5.41, 5.74) is 4.22. The zero-order valence-corrected chi connectivity index (χ0v) is 15.9. The molecule has 0 aromatic carbocycles. The van der Waals surface area contributed by atoms with Crippen molar-refractivity contribution in [2.75, 3.05) is 20.1 Å². The molecule has 0 spiro atoms. The molecule has 1 aliphatic heterocycles. The number of carbonyl (C=O) groups is 1. The van der Waals surface area contributed by atoms with Crippen molar-refractivity contribution >= 4 is 22.9 Å². The van der Waals surface area contributed by atoms with Gasteiger partial charge in [0, 0.05) is 42.9 Å². The van der Waals surface area contributed by atoms with Crippen molar-refractivity contribution in [1.82, 2.24) is 24.2 Å². The third-order valence-electron chi connectivity index (χ3n) is 5.15. The summed E-state index contributed by atoms with van der Waals surface area (Å²) in [5, 5.41) is 0. The Morgan fingerprint density at radius 2 is 2.15 bits per heavy atom.